The molecule has 0 aromatic heterocycles. The van der Waals surface area contributed by atoms with Gasteiger partial charge in [0.15, 0.2) is 0 Å². The quantitative estimate of drug-likeness (QED) is 0.359. The summed E-state index contributed by atoms with van der Waals surface area (Å²) in [6.07, 6.45) is 0. The lowest BCUT2D eigenvalue weighted by atomic mass is 9.92. The minimum atomic E-state index is -0.265. The Balaban J connectivity index is 2.60. The maximum atomic E-state index is 11.4. The topological polar surface area (TPSA) is 43.1 Å². The first kappa shape index (κ1) is 12.6. The fraction of sp³-hybridized carbons (Fsp3) is 0.176. The number of hydrogen-bond acceptors (Lipinski definition) is 2. The van der Waals surface area contributed by atoms with Crippen molar-refractivity contribution in [2.75, 3.05) is 0 Å². The molecule has 0 saturated carbocycles. The molecule has 0 aliphatic rings. The monoisotopic (exact) mass is 265 g/mol. The average molecular weight is 265 g/mol. The molecule has 0 unspecified atom stereocenters. The molecular formula is C17H15NO2. The largest absolute Gasteiger partial charge is 0.280 e. The zero-order valence-corrected chi connectivity index (χ0v) is 11.7. The van der Waals surface area contributed by atoms with E-state index in [0.29, 0.717) is 0 Å². The van der Waals surface area contributed by atoms with Gasteiger partial charge in [0.25, 0.3) is 5.69 Å². The molecular weight excluding hydrogens is 250 g/mol. The fourth-order valence-electron chi connectivity index (χ4n) is 2.84. The van der Waals surface area contributed by atoms with E-state index in [1.165, 1.54) is 0 Å². The van der Waals surface area contributed by atoms with E-state index >= 15 is 0 Å². The molecule has 3 aromatic rings. The zero-order chi connectivity index (χ0) is 14.4. The van der Waals surface area contributed by atoms with Crippen LogP contribution < -0.4 is 0 Å². The Morgan fingerprint density at radius 3 is 1.95 bits per heavy atom. The molecule has 20 heavy (non-hydrogen) atoms. The van der Waals surface area contributed by atoms with Crippen LogP contribution in [0, 0.1) is 30.9 Å². The summed E-state index contributed by atoms with van der Waals surface area (Å²) < 4.78 is 0. The highest BCUT2D eigenvalue weighted by Gasteiger charge is 2.20. The maximum absolute atomic E-state index is 11.4. The Morgan fingerprint density at radius 2 is 1.40 bits per heavy atom. The van der Waals surface area contributed by atoms with Gasteiger partial charge >= 0.3 is 0 Å². The first-order chi connectivity index (χ1) is 9.50. The van der Waals surface area contributed by atoms with Crippen LogP contribution in [-0.4, -0.2) is 4.92 Å². The van der Waals surface area contributed by atoms with Crippen molar-refractivity contribution in [1.29, 1.82) is 0 Å². The molecule has 100 valence electrons. The summed E-state index contributed by atoms with van der Waals surface area (Å²) in [5, 5.41) is 15.3. The molecule has 0 spiro atoms. The van der Waals surface area contributed by atoms with Crippen molar-refractivity contribution in [3.05, 3.63) is 63.2 Å². The predicted octanol–water partition coefficient (Wildman–Crippen LogP) is 4.83. The summed E-state index contributed by atoms with van der Waals surface area (Å²) in [7, 11) is 0. The molecule has 0 atom stereocenters. The van der Waals surface area contributed by atoms with Crippen LogP contribution in [0.2, 0.25) is 0 Å². The molecule has 0 aliphatic heterocycles. The number of aryl methyl sites for hydroxylation is 1. The molecule has 3 heteroatoms. The van der Waals surface area contributed by atoms with Gasteiger partial charge in [-0.25, -0.2) is 0 Å². The molecule has 0 fully saturated rings. The van der Waals surface area contributed by atoms with Crippen LogP contribution in [-0.2, 0) is 0 Å². The zero-order valence-electron chi connectivity index (χ0n) is 11.7. The minimum absolute atomic E-state index is 0.230. The number of nitrogens with zero attached hydrogens (tertiary/aromatic N) is 1. The summed E-state index contributed by atoms with van der Waals surface area (Å²) in [6.45, 7) is 5.81. The van der Waals surface area contributed by atoms with Gasteiger partial charge in [-0.05, 0) is 60.2 Å². The van der Waals surface area contributed by atoms with Crippen molar-refractivity contribution >= 4 is 27.2 Å². The van der Waals surface area contributed by atoms with Crippen molar-refractivity contribution in [2.24, 2.45) is 0 Å². The maximum Gasteiger partial charge on any atom is 0.280 e. The van der Waals surface area contributed by atoms with Gasteiger partial charge in [0.2, 0.25) is 0 Å². The molecule has 0 amide bonds. The smallest absolute Gasteiger partial charge is 0.258 e. The van der Waals surface area contributed by atoms with Crippen molar-refractivity contribution in [3.8, 4) is 0 Å². The number of hydrogen-bond donors (Lipinski definition) is 0. The minimum Gasteiger partial charge on any atom is -0.258 e. The molecule has 3 nitrogen and oxygen atoms in total. The van der Waals surface area contributed by atoms with Crippen LogP contribution in [0.25, 0.3) is 21.5 Å². The number of fused-ring (bicyclic) bond motifs is 2. The number of nitro groups is 1. The van der Waals surface area contributed by atoms with Gasteiger partial charge in [-0.15, -0.1) is 0 Å². The van der Waals surface area contributed by atoms with E-state index in [-0.39, 0.29) is 10.6 Å². The highest BCUT2D eigenvalue weighted by atomic mass is 16.6. The molecule has 0 radical (unpaired) electrons. The highest BCUT2D eigenvalue weighted by Crippen LogP contribution is 2.37. The molecule has 0 bridgehead atoms. The Kier molecular flexibility index (Phi) is 2.71. The Bertz CT molecular complexity index is 866. The van der Waals surface area contributed by atoms with Crippen LogP contribution in [0.5, 0.6) is 0 Å². The van der Waals surface area contributed by atoms with E-state index in [1.54, 1.807) is 0 Å². The molecule has 0 aliphatic carbocycles. The van der Waals surface area contributed by atoms with Gasteiger partial charge in [-0.1, -0.05) is 24.3 Å². The van der Waals surface area contributed by atoms with Gasteiger partial charge in [-0.2, -0.15) is 0 Å². The lowest BCUT2D eigenvalue weighted by molar-refractivity contribution is -0.383. The third-order valence-corrected chi connectivity index (χ3v) is 4.21. The SMILES string of the molecule is Cc1c(C)c([N+](=O)[O-])c2cc3ccccc3cc2c1C. The predicted molar refractivity (Wildman–Crippen MR) is 82.3 cm³/mol. The second-order valence-corrected chi connectivity index (χ2v) is 5.23. The van der Waals surface area contributed by atoms with Crippen molar-refractivity contribution in [1.82, 2.24) is 0 Å². The second-order valence-electron chi connectivity index (χ2n) is 5.23. The average Bonchev–Trinajstić information content (AvgIpc) is 2.43. The van der Waals surface area contributed by atoms with Crippen LogP contribution in [0.4, 0.5) is 5.69 Å². The van der Waals surface area contributed by atoms with Crippen molar-refractivity contribution in [3.63, 3.8) is 0 Å². The number of nitro benzene ring substituents is 1. The molecule has 0 saturated heterocycles. The Morgan fingerprint density at radius 1 is 0.850 bits per heavy atom. The summed E-state index contributed by atoms with van der Waals surface area (Å²) in [5.41, 5.74) is 3.11. The molecule has 3 rings (SSSR count). The van der Waals surface area contributed by atoms with Crippen LogP contribution in [0.1, 0.15) is 16.7 Å². The molecule has 3 aromatic carbocycles. The van der Waals surface area contributed by atoms with E-state index < -0.39 is 0 Å². The Hall–Kier alpha value is -2.42. The summed E-state index contributed by atoms with van der Waals surface area (Å²) in [4.78, 5) is 11.2. The van der Waals surface area contributed by atoms with E-state index in [1.807, 2.05) is 51.1 Å². The summed E-state index contributed by atoms with van der Waals surface area (Å²) >= 11 is 0. The van der Waals surface area contributed by atoms with E-state index in [4.69, 9.17) is 0 Å². The first-order valence-electron chi connectivity index (χ1n) is 6.57. The lowest BCUT2D eigenvalue weighted by Crippen LogP contribution is -1.98. The molecule has 0 N–H and O–H groups in total. The summed E-state index contributed by atoms with van der Waals surface area (Å²) in [6, 6.07) is 12.0. The van der Waals surface area contributed by atoms with Crippen LogP contribution in [0.15, 0.2) is 36.4 Å². The van der Waals surface area contributed by atoms with Gasteiger partial charge in [0, 0.05) is 5.56 Å². The van der Waals surface area contributed by atoms with E-state index in [2.05, 4.69) is 6.07 Å². The third-order valence-electron chi connectivity index (χ3n) is 4.21. The third kappa shape index (κ3) is 1.67. The lowest BCUT2D eigenvalue weighted by Gasteiger charge is -2.12. The molecule has 0 heterocycles. The van der Waals surface area contributed by atoms with Gasteiger partial charge in [0.05, 0.1) is 10.3 Å². The number of benzene rings is 3. The standard InChI is InChI=1S/C17H15NO2/c1-10-11(2)15-8-13-6-4-5-7-14(13)9-16(15)17(12(10)3)18(19)20/h4-9H,1-3H3. The van der Waals surface area contributed by atoms with Crippen molar-refractivity contribution < 1.29 is 4.92 Å². The van der Waals surface area contributed by atoms with Gasteiger partial charge < -0.3 is 0 Å². The fourth-order valence-corrected chi connectivity index (χ4v) is 2.84. The normalized spacial score (nSPS) is 11.2. The van der Waals surface area contributed by atoms with Crippen LogP contribution >= 0.6 is 0 Å². The van der Waals surface area contributed by atoms with Crippen LogP contribution in [0.3, 0.4) is 0 Å². The number of rotatable bonds is 1. The van der Waals surface area contributed by atoms with E-state index in [0.717, 1.165) is 38.2 Å². The van der Waals surface area contributed by atoms with Gasteiger partial charge in [-0.3, -0.25) is 10.1 Å². The summed E-state index contributed by atoms with van der Waals surface area (Å²) in [5.74, 6) is 0. The Labute approximate surface area is 117 Å². The first-order valence-corrected chi connectivity index (χ1v) is 6.57. The second kappa shape index (κ2) is 4.30. The van der Waals surface area contributed by atoms with Gasteiger partial charge in [0.1, 0.15) is 0 Å². The van der Waals surface area contributed by atoms with E-state index in [9.17, 15) is 10.1 Å². The van der Waals surface area contributed by atoms with Crippen molar-refractivity contribution in [2.45, 2.75) is 20.8 Å². The highest BCUT2D eigenvalue weighted by molar-refractivity contribution is 6.04.